The van der Waals surface area contributed by atoms with Crippen LogP contribution in [0, 0.1) is 0 Å². The summed E-state index contributed by atoms with van der Waals surface area (Å²) >= 11 is 0. The molecule has 0 saturated heterocycles. The van der Waals surface area contributed by atoms with Gasteiger partial charge in [0.25, 0.3) is 0 Å². The van der Waals surface area contributed by atoms with Crippen molar-refractivity contribution in [2.75, 3.05) is 26.7 Å². The van der Waals surface area contributed by atoms with Crippen LogP contribution in [0.5, 0.6) is 0 Å². The predicted molar refractivity (Wildman–Crippen MR) is 59.5 cm³/mol. The fourth-order valence-corrected chi connectivity index (χ4v) is 1.46. The van der Waals surface area contributed by atoms with Crippen LogP contribution in [0.25, 0.3) is 0 Å². The topological polar surface area (TPSA) is 28.2 Å². The number of likely N-dealkylation sites (N-methyl/N-ethyl adjacent to an activating group) is 1. The van der Waals surface area contributed by atoms with Crippen molar-refractivity contribution in [1.82, 2.24) is 15.2 Å². The van der Waals surface area contributed by atoms with E-state index in [2.05, 4.69) is 10.3 Å². The Labute approximate surface area is 98.6 Å². The van der Waals surface area contributed by atoms with Gasteiger partial charge in [-0.05, 0) is 19.2 Å². The molecule has 1 N–H and O–H groups in total. The maximum absolute atomic E-state index is 12.4. The van der Waals surface area contributed by atoms with Crippen LogP contribution in [0.2, 0.25) is 0 Å². The molecule has 17 heavy (non-hydrogen) atoms. The summed E-state index contributed by atoms with van der Waals surface area (Å²) < 4.78 is 37.1. The fraction of sp³-hybridized carbons (Fsp3) is 0.545. The van der Waals surface area contributed by atoms with Crippen molar-refractivity contribution in [3.63, 3.8) is 0 Å². The SMILES string of the molecule is CNCCN(Cc1ccccn1)CC(F)(F)F. The van der Waals surface area contributed by atoms with Gasteiger partial charge in [-0.25, -0.2) is 0 Å². The van der Waals surface area contributed by atoms with Crippen molar-refractivity contribution in [2.24, 2.45) is 0 Å². The van der Waals surface area contributed by atoms with Crippen molar-refractivity contribution in [2.45, 2.75) is 12.7 Å². The molecule has 0 aliphatic heterocycles. The average molecular weight is 247 g/mol. The van der Waals surface area contributed by atoms with E-state index in [-0.39, 0.29) is 6.54 Å². The molecular formula is C11H16F3N3. The number of nitrogens with zero attached hydrogens (tertiary/aromatic N) is 2. The van der Waals surface area contributed by atoms with Gasteiger partial charge in [-0.1, -0.05) is 6.07 Å². The number of alkyl halides is 3. The lowest BCUT2D eigenvalue weighted by Crippen LogP contribution is -2.37. The second kappa shape index (κ2) is 6.56. The van der Waals surface area contributed by atoms with E-state index in [1.165, 1.54) is 4.90 Å². The summed E-state index contributed by atoms with van der Waals surface area (Å²) in [6.07, 6.45) is -2.60. The van der Waals surface area contributed by atoms with Gasteiger partial charge in [0.1, 0.15) is 0 Å². The molecule has 1 aromatic heterocycles. The molecule has 0 bridgehead atoms. The van der Waals surface area contributed by atoms with Gasteiger partial charge in [0, 0.05) is 25.8 Å². The standard InChI is InChI=1S/C11H16F3N3/c1-15-6-7-17(9-11(12,13)14)8-10-4-2-3-5-16-10/h2-5,15H,6-9H2,1H3. The van der Waals surface area contributed by atoms with E-state index in [0.717, 1.165) is 0 Å². The minimum absolute atomic E-state index is 0.210. The highest BCUT2D eigenvalue weighted by molar-refractivity contribution is 5.03. The number of nitrogens with one attached hydrogen (secondary N) is 1. The van der Waals surface area contributed by atoms with Crippen LogP contribution in [0.1, 0.15) is 5.69 Å². The number of hydrogen-bond acceptors (Lipinski definition) is 3. The van der Waals surface area contributed by atoms with Gasteiger partial charge in [-0.2, -0.15) is 13.2 Å². The summed E-state index contributed by atoms with van der Waals surface area (Å²) in [6.45, 7) is 0.156. The van der Waals surface area contributed by atoms with E-state index in [4.69, 9.17) is 0 Å². The quantitative estimate of drug-likeness (QED) is 0.828. The molecule has 0 aliphatic carbocycles. The lowest BCUT2D eigenvalue weighted by Gasteiger charge is -2.23. The molecule has 0 unspecified atom stereocenters. The van der Waals surface area contributed by atoms with Crippen LogP contribution in [0.3, 0.4) is 0 Å². The third-order valence-electron chi connectivity index (χ3n) is 2.19. The zero-order valence-corrected chi connectivity index (χ0v) is 9.67. The maximum atomic E-state index is 12.4. The lowest BCUT2D eigenvalue weighted by molar-refractivity contribution is -0.147. The summed E-state index contributed by atoms with van der Waals surface area (Å²) in [5.74, 6) is 0. The number of aromatic nitrogens is 1. The van der Waals surface area contributed by atoms with E-state index < -0.39 is 12.7 Å². The molecule has 0 fully saturated rings. The third kappa shape index (κ3) is 6.23. The molecule has 1 rings (SSSR count). The van der Waals surface area contributed by atoms with Crippen molar-refractivity contribution in [1.29, 1.82) is 0 Å². The first kappa shape index (κ1) is 13.9. The normalized spacial score (nSPS) is 12.1. The minimum atomic E-state index is -4.18. The molecule has 96 valence electrons. The predicted octanol–water partition coefficient (Wildman–Crippen LogP) is 1.67. The van der Waals surface area contributed by atoms with Crippen LogP contribution >= 0.6 is 0 Å². The van der Waals surface area contributed by atoms with Crippen LogP contribution in [-0.2, 0) is 6.54 Å². The van der Waals surface area contributed by atoms with Gasteiger partial charge in [-0.3, -0.25) is 9.88 Å². The second-order valence-corrected chi connectivity index (χ2v) is 3.75. The molecule has 0 aliphatic rings. The van der Waals surface area contributed by atoms with Gasteiger partial charge in [0.15, 0.2) is 0 Å². The Hall–Kier alpha value is -1.14. The van der Waals surface area contributed by atoms with E-state index in [0.29, 0.717) is 18.8 Å². The van der Waals surface area contributed by atoms with Crippen LogP contribution in [0.15, 0.2) is 24.4 Å². The molecule has 0 spiro atoms. The highest BCUT2D eigenvalue weighted by Crippen LogP contribution is 2.17. The van der Waals surface area contributed by atoms with E-state index in [1.807, 2.05) is 0 Å². The Balaban J connectivity index is 2.57. The Kier molecular flexibility index (Phi) is 5.37. The number of pyridine rings is 1. The van der Waals surface area contributed by atoms with E-state index in [1.54, 1.807) is 31.4 Å². The molecule has 0 atom stereocenters. The van der Waals surface area contributed by atoms with Crippen molar-refractivity contribution >= 4 is 0 Å². The molecule has 1 heterocycles. The molecule has 0 saturated carbocycles. The number of hydrogen-bond donors (Lipinski definition) is 1. The van der Waals surface area contributed by atoms with Gasteiger partial charge in [-0.15, -0.1) is 0 Å². The summed E-state index contributed by atoms with van der Waals surface area (Å²) in [5.41, 5.74) is 0.646. The zero-order valence-electron chi connectivity index (χ0n) is 9.67. The highest BCUT2D eigenvalue weighted by Gasteiger charge is 2.30. The maximum Gasteiger partial charge on any atom is 0.401 e. The van der Waals surface area contributed by atoms with Crippen molar-refractivity contribution in [3.8, 4) is 0 Å². The fourth-order valence-electron chi connectivity index (χ4n) is 1.46. The zero-order chi connectivity index (χ0) is 12.7. The smallest absolute Gasteiger partial charge is 0.318 e. The molecule has 0 amide bonds. The van der Waals surface area contributed by atoms with Gasteiger partial charge in [0.2, 0.25) is 0 Å². The minimum Gasteiger partial charge on any atom is -0.318 e. The van der Waals surface area contributed by atoms with Crippen LogP contribution in [0.4, 0.5) is 13.2 Å². The first-order valence-corrected chi connectivity index (χ1v) is 5.35. The monoisotopic (exact) mass is 247 g/mol. The summed E-state index contributed by atoms with van der Waals surface area (Å²) in [7, 11) is 1.71. The highest BCUT2D eigenvalue weighted by atomic mass is 19.4. The van der Waals surface area contributed by atoms with E-state index >= 15 is 0 Å². The molecule has 0 radical (unpaired) electrons. The number of halogens is 3. The first-order chi connectivity index (χ1) is 8.01. The van der Waals surface area contributed by atoms with Crippen LogP contribution < -0.4 is 5.32 Å². The molecule has 6 heteroatoms. The molecule has 0 aromatic carbocycles. The first-order valence-electron chi connectivity index (χ1n) is 5.35. The molecular weight excluding hydrogens is 231 g/mol. The molecule has 3 nitrogen and oxygen atoms in total. The van der Waals surface area contributed by atoms with Gasteiger partial charge < -0.3 is 5.32 Å². The van der Waals surface area contributed by atoms with Gasteiger partial charge in [0.05, 0.1) is 12.2 Å². The van der Waals surface area contributed by atoms with Crippen molar-refractivity contribution < 1.29 is 13.2 Å². The summed E-state index contributed by atoms with van der Waals surface area (Å²) in [4.78, 5) is 5.36. The Bertz CT molecular complexity index is 313. The average Bonchev–Trinajstić information content (AvgIpc) is 2.25. The Morgan fingerprint density at radius 2 is 2.12 bits per heavy atom. The summed E-state index contributed by atoms with van der Waals surface area (Å²) in [6, 6.07) is 5.24. The second-order valence-electron chi connectivity index (χ2n) is 3.75. The van der Waals surface area contributed by atoms with Crippen molar-refractivity contribution in [3.05, 3.63) is 30.1 Å². The Morgan fingerprint density at radius 3 is 2.65 bits per heavy atom. The number of rotatable bonds is 6. The molecule has 1 aromatic rings. The largest absolute Gasteiger partial charge is 0.401 e. The van der Waals surface area contributed by atoms with Gasteiger partial charge >= 0.3 is 6.18 Å². The third-order valence-corrected chi connectivity index (χ3v) is 2.19. The van der Waals surface area contributed by atoms with E-state index in [9.17, 15) is 13.2 Å². The lowest BCUT2D eigenvalue weighted by atomic mass is 10.3. The van der Waals surface area contributed by atoms with Crippen LogP contribution in [-0.4, -0.2) is 42.7 Å². The summed E-state index contributed by atoms with van der Waals surface area (Å²) in [5, 5.41) is 2.84. The Morgan fingerprint density at radius 1 is 1.35 bits per heavy atom.